The molecule has 0 unspecified atom stereocenters. The van der Waals surface area contributed by atoms with Crippen LogP contribution in [-0.2, 0) is 14.8 Å². The Bertz CT molecular complexity index is 740. The zero-order valence-electron chi connectivity index (χ0n) is 13.6. The third-order valence-corrected chi connectivity index (χ3v) is 4.58. The number of nitrogens with two attached hydrogens (primary N) is 3. The van der Waals surface area contributed by atoms with Crippen LogP contribution in [0.25, 0.3) is 0 Å². The number of amides is 2. The van der Waals surface area contributed by atoms with E-state index in [1.54, 1.807) is 0 Å². The Morgan fingerprint density at radius 2 is 1.88 bits per heavy atom. The topological polar surface area (TPSA) is 199 Å². The Morgan fingerprint density at radius 3 is 2.20 bits per heavy atom. The van der Waals surface area contributed by atoms with E-state index in [0.29, 0.717) is 0 Å². The zero-order valence-corrected chi connectivity index (χ0v) is 15.1. The van der Waals surface area contributed by atoms with Gasteiger partial charge in [-0.1, -0.05) is 31.9 Å². The number of nitrogens with one attached hydrogen (secondary N) is 1. The Balaban J connectivity index is 0.000000547. The molecule has 0 aliphatic carbocycles. The van der Waals surface area contributed by atoms with E-state index in [1.807, 2.05) is 19.2 Å². The molecule has 0 heterocycles. The lowest BCUT2D eigenvalue weighted by Crippen LogP contribution is -2.36. The number of carbonyl (C=O) groups excluding carboxylic acids is 1. The van der Waals surface area contributed by atoms with E-state index >= 15 is 0 Å². The molecular formula is C13H21ClN4O6S. The molecule has 0 saturated heterocycles. The predicted molar refractivity (Wildman–Crippen MR) is 92.8 cm³/mol. The second-order valence-electron chi connectivity index (χ2n) is 5.06. The van der Waals surface area contributed by atoms with Gasteiger partial charge in [-0.2, -0.15) is 0 Å². The first kappa shape index (κ1) is 22.9. The summed E-state index contributed by atoms with van der Waals surface area (Å²) in [6.07, 6.45) is 0.813. The van der Waals surface area contributed by atoms with Crippen LogP contribution in [-0.4, -0.2) is 36.7 Å². The van der Waals surface area contributed by atoms with Gasteiger partial charge in [-0.25, -0.2) is 18.4 Å². The summed E-state index contributed by atoms with van der Waals surface area (Å²) in [6.45, 7) is 3.76. The molecule has 0 bridgehead atoms. The second-order valence-corrected chi connectivity index (χ2v) is 6.96. The maximum absolute atomic E-state index is 11.1. The molecule has 10 nitrogen and oxygen atoms in total. The van der Waals surface area contributed by atoms with Gasteiger partial charge in [0.15, 0.2) is 5.75 Å². The molecule has 2 atom stereocenters. The molecule has 25 heavy (non-hydrogen) atoms. The van der Waals surface area contributed by atoms with E-state index < -0.39 is 38.7 Å². The molecule has 0 spiro atoms. The number of phenolic OH excluding ortho intramolecular Hbond substituents is 1. The van der Waals surface area contributed by atoms with Crippen LogP contribution in [0.4, 0.5) is 10.5 Å². The van der Waals surface area contributed by atoms with E-state index in [1.165, 1.54) is 6.07 Å². The van der Waals surface area contributed by atoms with E-state index in [4.69, 9.17) is 33.3 Å². The third kappa shape index (κ3) is 7.13. The van der Waals surface area contributed by atoms with Crippen molar-refractivity contribution in [2.75, 3.05) is 5.32 Å². The summed E-state index contributed by atoms with van der Waals surface area (Å²) in [6, 6.07) is 0.691. The van der Waals surface area contributed by atoms with Crippen LogP contribution >= 0.6 is 11.6 Å². The van der Waals surface area contributed by atoms with Crippen LogP contribution < -0.4 is 21.9 Å². The number of rotatable bonds is 5. The molecule has 2 amide bonds. The molecule has 0 fully saturated rings. The number of primary sulfonamides is 1. The van der Waals surface area contributed by atoms with Crippen molar-refractivity contribution in [3.63, 3.8) is 0 Å². The monoisotopic (exact) mass is 396 g/mol. The van der Waals surface area contributed by atoms with Gasteiger partial charge in [0.25, 0.3) is 0 Å². The minimum absolute atomic E-state index is 0.0718. The Kier molecular flexibility index (Phi) is 8.63. The highest BCUT2D eigenvalue weighted by Crippen LogP contribution is 2.35. The average Bonchev–Trinajstić information content (AvgIpc) is 2.47. The van der Waals surface area contributed by atoms with Crippen LogP contribution in [0.2, 0.25) is 5.02 Å². The van der Waals surface area contributed by atoms with Crippen molar-refractivity contribution in [3.05, 3.63) is 17.2 Å². The number of phenols is 1. The summed E-state index contributed by atoms with van der Waals surface area (Å²) in [5.41, 5.74) is 9.89. The number of aromatic hydroxyl groups is 1. The van der Waals surface area contributed by atoms with Gasteiger partial charge in [0.1, 0.15) is 10.9 Å². The Labute approximate surface area is 150 Å². The summed E-state index contributed by atoms with van der Waals surface area (Å²) in [7, 11) is -4.20. The first-order valence-electron chi connectivity index (χ1n) is 6.92. The van der Waals surface area contributed by atoms with Gasteiger partial charge in [-0.05, 0) is 18.1 Å². The highest BCUT2D eigenvalue weighted by atomic mass is 35.5. The molecule has 12 heteroatoms. The van der Waals surface area contributed by atoms with Gasteiger partial charge in [-0.15, -0.1) is 0 Å². The SMILES string of the molecule is CC[C@H](C)[C@H](N)C(=O)O.NC(=O)Nc1ccc(Cl)c(S(N)(=O)=O)c1O. The van der Waals surface area contributed by atoms with Gasteiger partial charge in [0, 0.05) is 0 Å². The largest absolute Gasteiger partial charge is 0.504 e. The van der Waals surface area contributed by atoms with Crippen molar-refractivity contribution in [1.29, 1.82) is 0 Å². The average molecular weight is 397 g/mol. The number of sulfonamides is 1. The fourth-order valence-corrected chi connectivity index (χ4v) is 2.74. The number of carboxylic acids is 1. The molecule has 0 aliphatic rings. The summed E-state index contributed by atoms with van der Waals surface area (Å²) >= 11 is 5.56. The molecule has 0 radical (unpaired) electrons. The highest BCUT2D eigenvalue weighted by Gasteiger charge is 2.21. The number of anilines is 1. The second kappa shape index (κ2) is 9.42. The van der Waals surface area contributed by atoms with Crippen LogP contribution in [0.5, 0.6) is 5.75 Å². The molecule has 1 rings (SSSR count). The number of urea groups is 1. The van der Waals surface area contributed by atoms with E-state index in [0.717, 1.165) is 12.5 Å². The van der Waals surface area contributed by atoms with Crippen molar-refractivity contribution >= 4 is 39.3 Å². The van der Waals surface area contributed by atoms with Gasteiger partial charge >= 0.3 is 12.0 Å². The fraction of sp³-hybridized carbons (Fsp3) is 0.385. The molecule has 142 valence electrons. The van der Waals surface area contributed by atoms with Crippen LogP contribution in [0.1, 0.15) is 20.3 Å². The number of benzene rings is 1. The maximum Gasteiger partial charge on any atom is 0.320 e. The number of carbonyl (C=O) groups is 2. The first-order chi connectivity index (χ1) is 11.3. The van der Waals surface area contributed by atoms with E-state index in [9.17, 15) is 23.1 Å². The molecule has 1 aromatic rings. The van der Waals surface area contributed by atoms with Crippen molar-refractivity contribution in [3.8, 4) is 5.75 Å². The van der Waals surface area contributed by atoms with Gasteiger partial charge in [0.2, 0.25) is 10.0 Å². The number of hydrogen-bond donors (Lipinski definition) is 6. The molecule has 0 aromatic heterocycles. The molecule has 0 aliphatic heterocycles. The third-order valence-electron chi connectivity index (χ3n) is 3.17. The molecule has 1 aromatic carbocycles. The van der Waals surface area contributed by atoms with Gasteiger partial charge in [0.05, 0.1) is 10.7 Å². The minimum Gasteiger partial charge on any atom is -0.504 e. The predicted octanol–water partition coefficient (Wildman–Crippen LogP) is 0.628. The highest BCUT2D eigenvalue weighted by molar-refractivity contribution is 7.89. The lowest BCUT2D eigenvalue weighted by Gasteiger charge is -2.11. The van der Waals surface area contributed by atoms with Crippen molar-refractivity contribution in [2.45, 2.75) is 31.2 Å². The standard InChI is InChI=1S/C7H8ClN3O4S.C6H13NO2/c8-3-1-2-4(11-7(9)13)5(12)6(3)16(10,14)15;1-3-4(2)5(7)6(8)9/h1-2,12H,(H3,9,11,13)(H2,10,14,15);4-5H,3,7H2,1-2H3,(H,8,9)/t;4-,5-/m.0/s1. The van der Waals surface area contributed by atoms with E-state index in [2.05, 4.69) is 0 Å². The van der Waals surface area contributed by atoms with Crippen LogP contribution in [0, 0.1) is 5.92 Å². The van der Waals surface area contributed by atoms with Crippen molar-refractivity contribution in [1.82, 2.24) is 0 Å². The summed E-state index contributed by atoms with van der Waals surface area (Å²) in [5, 5.41) is 24.5. The van der Waals surface area contributed by atoms with Gasteiger partial charge < -0.3 is 27.0 Å². The summed E-state index contributed by atoms with van der Waals surface area (Å²) in [4.78, 5) is 20.1. The maximum atomic E-state index is 11.1. The van der Waals surface area contributed by atoms with E-state index in [-0.39, 0.29) is 16.6 Å². The normalized spacial score (nSPS) is 13.2. The Hall–Kier alpha value is -2.08. The Morgan fingerprint density at radius 1 is 1.36 bits per heavy atom. The molecule has 9 N–H and O–H groups in total. The fourth-order valence-electron chi connectivity index (χ4n) is 1.55. The molecular weight excluding hydrogens is 376 g/mol. The van der Waals surface area contributed by atoms with Gasteiger partial charge in [-0.3, -0.25) is 4.79 Å². The van der Waals surface area contributed by atoms with Crippen LogP contribution in [0.3, 0.4) is 0 Å². The lowest BCUT2D eigenvalue weighted by molar-refractivity contribution is -0.139. The number of primary amides is 1. The number of aliphatic carboxylic acids is 1. The quantitative estimate of drug-likeness (QED) is 0.391. The van der Waals surface area contributed by atoms with Crippen LogP contribution in [0.15, 0.2) is 17.0 Å². The minimum atomic E-state index is -4.20. The number of halogens is 1. The lowest BCUT2D eigenvalue weighted by atomic mass is 10.0. The summed E-state index contributed by atoms with van der Waals surface area (Å²) < 4.78 is 22.2. The van der Waals surface area contributed by atoms with Crippen molar-refractivity contribution in [2.24, 2.45) is 22.5 Å². The smallest absolute Gasteiger partial charge is 0.320 e. The summed E-state index contributed by atoms with van der Waals surface area (Å²) in [5.74, 6) is -1.60. The number of hydrogen-bond acceptors (Lipinski definition) is 6. The van der Waals surface area contributed by atoms with Crippen molar-refractivity contribution < 1.29 is 28.2 Å². The first-order valence-corrected chi connectivity index (χ1v) is 8.84. The number of carboxylic acid groups (broad SMARTS) is 1. The molecule has 0 saturated carbocycles. The zero-order chi connectivity index (χ0) is 19.9.